The Morgan fingerprint density at radius 1 is 1.37 bits per heavy atom. The van der Waals surface area contributed by atoms with Gasteiger partial charge in [0.15, 0.2) is 5.78 Å². The van der Waals surface area contributed by atoms with Crippen LogP contribution in [0.4, 0.5) is 4.39 Å². The number of nitrogens with zero attached hydrogens (tertiary/aromatic N) is 1. The molecule has 1 aromatic carbocycles. The molecular weight excluding hydrogens is 241 g/mol. The van der Waals surface area contributed by atoms with Gasteiger partial charge in [0.2, 0.25) is 0 Å². The molecule has 3 rings (SSSR count). The van der Waals surface area contributed by atoms with E-state index >= 15 is 0 Å². The van der Waals surface area contributed by atoms with Gasteiger partial charge in [-0.3, -0.25) is 9.78 Å². The molecule has 0 aliphatic heterocycles. The highest BCUT2D eigenvalue weighted by Gasteiger charge is 2.30. The van der Waals surface area contributed by atoms with E-state index in [9.17, 15) is 9.18 Å². The number of hydrogen-bond donors (Lipinski definition) is 0. The molecule has 0 spiro atoms. The van der Waals surface area contributed by atoms with Crippen molar-refractivity contribution in [1.82, 2.24) is 4.98 Å². The average molecular weight is 255 g/mol. The van der Waals surface area contributed by atoms with E-state index < -0.39 is 0 Å². The number of halogens is 1. The number of aryl methyl sites for hydroxylation is 2. The van der Waals surface area contributed by atoms with Crippen LogP contribution in [0, 0.1) is 12.7 Å². The van der Waals surface area contributed by atoms with Gasteiger partial charge < -0.3 is 0 Å². The fraction of sp³-hybridized carbons (Fsp3) is 0.250. The largest absolute Gasteiger partial charge is 0.293 e. The van der Waals surface area contributed by atoms with Crippen molar-refractivity contribution in [2.24, 2.45) is 0 Å². The molecule has 1 aromatic heterocycles. The molecule has 3 heteroatoms. The molecule has 1 aliphatic rings. The van der Waals surface area contributed by atoms with Crippen molar-refractivity contribution in [2.45, 2.75) is 25.7 Å². The summed E-state index contributed by atoms with van der Waals surface area (Å²) in [5.41, 5.74) is 2.98. The van der Waals surface area contributed by atoms with Crippen molar-refractivity contribution in [3.63, 3.8) is 0 Å². The monoisotopic (exact) mass is 255 g/mol. The summed E-state index contributed by atoms with van der Waals surface area (Å²) in [6.07, 6.45) is 3.34. The molecule has 96 valence electrons. The zero-order valence-corrected chi connectivity index (χ0v) is 10.7. The number of hydrogen-bond acceptors (Lipinski definition) is 2. The fourth-order valence-corrected chi connectivity index (χ4v) is 2.62. The third kappa shape index (κ3) is 2.05. The summed E-state index contributed by atoms with van der Waals surface area (Å²) in [6, 6.07) is 8.57. The quantitative estimate of drug-likeness (QED) is 0.769. The van der Waals surface area contributed by atoms with Gasteiger partial charge >= 0.3 is 0 Å². The van der Waals surface area contributed by atoms with Crippen molar-refractivity contribution < 1.29 is 9.18 Å². The van der Waals surface area contributed by atoms with E-state index in [0.717, 1.165) is 24.1 Å². The number of ketones is 1. The van der Waals surface area contributed by atoms with Crippen molar-refractivity contribution in [1.29, 1.82) is 0 Å². The first-order valence-electron chi connectivity index (χ1n) is 6.41. The number of Topliss-reactive ketones (excluding diaryl/α,β-unsaturated/α-hetero) is 1. The molecule has 0 saturated heterocycles. The van der Waals surface area contributed by atoms with Crippen LogP contribution in [0.5, 0.6) is 0 Å². The predicted molar refractivity (Wildman–Crippen MR) is 70.8 cm³/mol. The number of benzene rings is 1. The minimum absolute atomic E-state index is 0.0312. The topological polar surface area (TPSA) is 30.0 Å². The second-order valence-electron chi connectivity index (χ2n) is 4.97. The Morgan fingerprint density at radius 2 is 2.21 bits per heavy atom. The molecule has 1 heterocycles. The SMILES string of the molecule is Cc1ccc(C(=O)C2CCc3cccnc32)cc1F. The summed E-state index contributed by atoms with van der Waals surface area (Å²) in [5.74, 6) is -0.584. The van der Waals surface area contributed by atoms with Gasteiger partial charge in [-0.05, 0) is 43.0 Å². The van der Waals surface area contributed by atoms with Gasteiger partial charge in [-0.15, -0.1) is 0 Å². The van der Waals surface area contributed by atoms with Gasteiger partial charge in [0.1, 0.15) is 5.82 Å². The first kappa shape index (κ1) is 12.0. The average Bonchev–Trinajstić information content (AvgIpc) is 2.85. The lowest BCUT2D eigenvalue weighted by Gasteiger charge is -2.10. The third-order valence-corrected chi connectivity index (χ3v) is 3.73. The maximum Gasteiger partial charge on any atom is 0.172 e. The third-order valence-electron chi connectivity index (χ3n) is 3.73. The molecule has 2 nitrogen and oxygen atoms in total. The van der Waals surface area contributed by atoms with Crippen LogP contribution < -0.4 is 0 Å². The van der Waals surface area contributed by atoms with E-state index in [1.54, 1.807) is 25.3 Å². The molecule has 1 aliphatic carbocycles. The molecule has 0 bridgehead atoms. The maximum absolute atomic E-state index is 13.6. The number of fused-ring (bicyclic) bond motifs is 1. The minimum Gasteiger partial charge on any atom is -0.293 e. The Labute approximate surface area is 111 Å². The van der Waals surface area contributed by atoms with Gasteiger partial charge in [0.05, 0.1) is 11.6 Å². The smallest absolute Gasteiger partial charge is 0.172 e. The van der Waals surface area contributed by atoms with E-state index in [4.69, 9.17) is 0 Å². The van der Waals surface area contributed by atoms with Crippen LogP contribution in [0.3, 0.4) is 0 Å². The van der Waals surface area contributed by atoms with Crippen LogP contribution in [0.1, 0.15) is 39.5 Å². The number of carbonyl (C=O) groups is 1. The van der Waals surface area contributed by atoms with Gasteiger partial charge in [-0.2, -0.15) is 0 Å². The van der Waals surface area contributed by atoms with Crippen LogP contribution in [-0.4, -0.2) is 10.8 Å². The lowest BCUT2D eigenvalue weighted by molar-refractivity contribution is 0.0957. The van der Waals surface area contributed by atoms with Gasteiger partial charge in [-0.25, -0.2) is 4.39 Å². The molecule has 0 radical (unpaired) electrons. The molecule has 19 heavy (non-hydrogen) atoms. The van der Waals surface area contributed by atoms with E-state index in [1.807, 2.05) is 12.1 Å². The Kier molecular flexibility index (Phi) is 2.90. The Bertz CT molecular complexity index is 651. The van der Waals surface area contributed by atoms with E-state index in [-0.39, 0.29) is 17.5 Å². The molecule has 0 amide bonds. The Hall–Kier alpha value is -2.03. The lowest BCUT2D eigenvalue weighted by atomic mass is 9.94. The second-order valence-corrected chi connectivity index (χ2v) is 4.97. The van der Waals surface area contributed by atoms with E-state index in [0.29, 0.717) is 11.1 Å². The summed E-state index contributed by atoms with van der Waals surface area (Å²) in [7, 11) is 0. The zero-order chi connectivity index (χ0) is 13.4. The highest BCUT2D eigenvalue weighted by molar-refractivity contribution is 6.01. The molecule has 1 atom stereocenters. The molecular formula is C16H14FNO. The highest BCUT2D eigenvalue weighted by Crippen LogP contribution is 2.33. The standard InChI is InChI=1S/C16H14FNO/c1-10-4-5-12(9-14(10)17)16(19)13-7-6-11-3-2-8-18-15(11)13/h2-5,8-9,13H,6-7H2,1H3. The first-order valence-corrected chi connectivity index (χ1v) is 6.41. The first-order chi connectivity index (χ1) is 9.16. The number of rotatable bonds is 2. The Morgan fingerprint density at radius 3 is 3.00 bits per heavy atom. The molecule has 0 fully saturated rings. The molecule has 2 aromatic rings. The van der Waals surface area contributed by atoms with Crippen molar-refractivity contribution in [3.05, 3.63) is 64.7 Å². The van der Waals surface area contributed by atoms with E-state index in [1.165, 1.54) is 6.07 Å². The van der Waals surface area contributed by atoms with Gasteiger partial charge in [-0.1, -0.05) is 18.2 Å². The van der Waals surface area contributed by atoms with Gasteiger partial charge in [0.25, 0.3) is 0 Å². The zero-order valence-electron chi connectivity index (χ0n) is 10.7. The molecule has 0 N–H and O–H groups in total. The maximum atomic E-state index is 13.6. The second kappa shape index (κ2) is 4.57. The van der Waals surface area contributed by atoms with Crippen molar-refractivity contribution in [2.75, 3.05) is 0 Å². The van der Waals surface area contributed by atoms with Crippen molar-refractivity contribution >= 4 is 5.78 Å². The summed E-state index contributed by atoms with van der Waals surface area (Å²) in [6.45, 7) is 1.69. The number of aromatic nitrogens is 1. The fourth-order valence-electron chi connectivity index (χ4n) is 2.62. The van der Waals surface area contributed by atoms with E-state index in [2.05, 4.69) is 4.98 Å². The summed E-state index contributed by atoms with van der Waals surface area (Å²) in [5, 5.41) is 0. The minimum atomic E-state index is -0.329. The normalized spacial score (nSPS) is 17.3. The highest BCUT2D eigenvalue weighted by atomic mass is 19.1. The summed E-state index contributed by atoms with van der Waals surface area (Å²) in [4.78, 5) is 16.8. The van der Waals surface area contributed by atoms with Crippen LogP contribution in [0.15, 0.2) is 36.5 Å². The summed E-state index contributed by atoms with van der Waals surface area (Å²) < 4.78 is 13.6. The number of carbonyl (C=O) groups excluding carboxylic acids is 1. The van der Waals surface area contributed by atoms with Crippen LogP contribution in [0.25, 0.3) is 0 Å². The van der Waals surface area contributed by atoms with Crippen LogP contribution in [-0.2, 0) is 6.42 Å². The lowest BCUT2D eigenvalue weighted by Crippen LogP contribution is -2.11. The number of pyridine rings is 1. The van der Waals surface area contributed by atoms with Crippen molar-refractivity contribution in [3.8, 4) is 0 Å². The van der Waals surface area contributed by atoms with Crippen LogP contribution in [0.2, 0.25) is 0 Å². The summed E-state index contributed by atoms with van der Waals surface area (Å²) >= 11 is 0. The Balaban J connectivity index is 1.95. The predicted octanol–water partition coefficient (Wildman–Crippen LogP) is 3.44. The van der Waals surface area contributed by atoms with Gasteiger partial charge in [0, 0.05) is 11.8 Å². The molecule has 0 saturated carbocycles. The van der Waals surface area contributed by atoms with Crippen LogP contribution >= 0.6 is 0 Å². The molecule has 1 unspecified atom stereocenters.